The number of rotatable bonds is 5. The normalized spacial score (nSPS) is 21.1. The maximum atomic E-state index is 12.9. The lowest BCUT2D eigenvalue weighted by molar-refractivity contribution is -0.138. The largest absolute Gasteiger partial charge is 0.418 e. The van der Waals surface area contributed by atoms with Crippen LogP contribution in [0.2, 0.25) is 0 Å². The first kappa shape index (κ1) is 15.3. The van der Waals surface area contributed by atoms with E-state index in [-0.39, 0.29) is 24.4 Å². The molecule has 112 valence electrons. The van der Waals surface area contributed by atoms with Crippen LogP contribution in [0.1, 0.15) is 37.4 Å². The van der Waals surface area contributed by atoms with Crippen LogP contribution in [0.5, 0.6) is 0 Å². The number of aromatic nitrogens is 1. The van der Waals surface area contributed by atoms with Crippen molar-refractivity contribution >= 4 is 0 Å². The van der Waals surface area contributed by atoms with Crippen molar-refractivity contribution < 1.29 is 17.9 Å². The number of nitrogens with zero attached hydrogens (tertiary/aromatic N) is 1. The van der Waals surface area contributed by atoms with Gasteiger partial charge in [-0.1, -0.05) is 6.92 Å². The van der Waals surface area contributed by atoms with Crippen LogP contribution >= 0.6 is 0 Å². The van der Waals surface area contributed by atoms with Gasteiger partial charge >= 0.3 is 6.18 Å². The van der Waals surface area contributed by atoms with Gasteiger partial charge < -0.3 is 10.1 Å². The molecule has 2 unspecified atom stereocenters. The molecule has 1 aliphatic heterocycles. The van der Waals surface area contributed by atoms with Gasteiger partial charge in [0.15, 0.2) is 0 Å². The molecule has 0 radical (unpaired) electrons. The molecule has 2 heterocycles. The summed E-state index contributed by atoms with van der Waals surface area (Å²) < 4.78 is 44.2. The van der Waals surface area contributed by atoms with E-state index in [1.54, 1.807) is 0 Å². The van der Waals surface area contributed by atoms with Crippen LogP contribution in [0.3, 0.4) is 0 Å². The monoisotopic (exact) mass is 288 g/mol. The highest BCUT2D eigenvalue weighted by Crippen LogP contribution is 2.31. The van der Waals surface area contributed by atoms with E-state index < -0.39 is 11.7 Å². The molecule has 3 nitrogen and oxygen atoms in total. The van der Waals surface area contributed by atoms with Gasteiger partial charge in [-0.25, -0.2) is 0 Å². The molecule has 1 aromatic rings. The van der Waals surface area contributed by atoms with E-state index in [0.29, 0.717) is 0 Å². The Bertz CT molecular complexity index is 431. The zero-order valence-corrected chi connectivity index (χ0v) is 11.4. The van der Waals surface area contributed by atoms with Gasteiger partial charge in [0.05, 0.1) is 17.4 Å². The van der Waals surface area contributed by atoms with Crippen molar-refractivity contribution in [3.05, 3.63) is 29.6 Å². The number of pyridine rings is 1. The molecule has 20 heavy (non-hydrogen) atoms. The summed E-state index contributed by atoms with van der Waals surface area (Å²) in [6, 6.07) is 2.45. The highest BCUT2D eigenvalue weighted by molar-refractivity contribution is 5.22. The molecule has 0 bridgehead atoms. The molecule has 1 saturated heterocycles. The standard InChI is InChI=1S/C14H19F3N2O/c1-2-11(13-6-4-8-20-13)19-9-12-10(14(15,16)17)5-3-7-18-12/h3,5,7,11,13,19H,2,4,6,8-9H2,1H3. The third kappa shape index (κ3) is 3.70. The van der Waals surface area contributed by atoms with Gasteiger partial charge in [-0.3, -0.25) is 4.98 Å². The topological polar surface area (TPSA) is 34.2 Å². The fraction of sp³-hybridized carbons (Fsp3) is 0.643. The average molecular weight is 288 g/mol. The second kappa shape index (κ2) is 6.54. The summed E-state index contributed by atoms with van der Waals surface area (Å²) in [4.78, 5) is 3.85. The molecule has 0 saturated carbocycles. The molecular weight excluding hydrogens is 269 g/mol. The minimum absolute atomic E-state index is 0.0384. The van der Waals surface area contributed by atoms with Crippen LogP contribution in [0.4, 0.5) is 13.2 Å². The van der Waals surface area contributed by atoms with Gasteiger partial charge in [-0.05, 0) is 31.4 Å². The van der Waals surface area contributed by atoms with Crippen LogP contribution < -0.4 is 5.32 Å². The van der Waals surface area contributed by atoms with Crippen molar-refractivity contribution in [3.8, 4) is 0 Å². The van der Waals surface area contributed by atoms with Crippen molar-refractivity contribution in [1.82, 2.24) is 10.3 Å². The fourth-order valence-corrected chi connectivity index (χ4v) is 2.52. The predicted molar refractivity (Wildman–Crippen MR) is 69.1 cm³/mol. The Hall–Kier alpha value is -1.14. The fourth-order valence-electron chi connectivity index (χ4n) is 2.52. The second-order valence-corrected chi connectivity index (χ2v) is 4.94. The Morgan fingerprint density at radius 3 is 2.90 bits per heavy atom. The predicted octanol–water partition coefficient (Wildman–Crippen LogP) is 3.15. The summed E-state index contributed by atoms with van der Waals surface area (Å²) in [5, 5.41) is 3.15. The molecule has 6 heteroatoms. The van der Waals surface area contributed by atoms with Crippen molar-refractivity contribution in [3.63, 3.8) is 0 Å². The van der Waals surface area contributed by atoms with E-state index in [9.17, 15) is 13.2 Å². The highest BCUT2D eigenvalue weighted by atomic mass is 19.4. The maximum absolute atomic E-state index is 12.9. The second-order valence-electron chi connectivity index (χ2n) is 4.94. The lowest BCUT2D eigenvalue weighted by atomic mass is 10.1. The van der Waals surface area contributed by atoms with Crippen molar-refractivity contribution in [2.45, 2.75) is 51.1 Å². The molecule has 0 spiro atoms. The summed E-state index contributed by atoms with van der Waals surface area (Å²) in [5.74, 6) is 0. The quantitative estimate of drug-likeness (QED) is 0.903. The molecule has 0 amide bonds. The lowest BCUT2D eigenvalue weighted by Crippen LogP contribution is -2.39. The van der Waals surface area contributed by atoms with Crippen LogP contribution in [0.15, 0.2) is 18.3 Å². The van der Waals surface area contributed by atoms with Crippen LogP contribution in [0.25, 0.3) is 0 Å². The van der Waals surface area contributed by atoms with E-state index in [1.165, 1.54) is 12.3 Å². The van der Waals surface area contributed by atoms with Gasteiger partial charge in [-0.2, -0.15) is 13.2 Å². The van der Waals surface area contributed by atoms with Crippen molar-refractivity contribution in [2.24, 2.45) is 0 Å². The van der Waals surface area contributed by atoms with Crippen LogP contribution in [-0.4, -0.2) is 23.7 Å². The minimum atomic E-state index is -4.36. The smallest absolute Gasteiger partial charge is 0.377 e. The molecule has 1 fully saturated rings. The van der Waals surface area contributed by atoms with Crippen LogP contribution in [0, 0.1) is 0 Å². The molecule has 2 atom stereocenters. The summed E-state index contributed by atoms with van der Waals surface area (Å²) >= 11 is 0. The molecule has 1 aromatic heterocycles. The van der Waals surface area contributed by atoms with Crippen molar-refractivity contribution in [1.29, 1.82) is 0 Å². The molecule has 0 aliphatic carbocycles. The van der Waals surface area contributed by atoms with E-state index in [0.717, 1.165) is 31.9 Å². The van der Waals surface area contributed by atoms with Gasteiger partial charge in [0.2, 0.25) is 0 Å². The van der Waals surface area contributed by atoms with E-state index >= 15 is 0 Å². The summed E-state index contributed by atoms with van der Waals surface area (Å²) in [5.41, 5.74) is -0.633. The Labute approximate surface area is 116 Å². The molecule has 1 aliphatic rings. The highest BCUT2D eigenvalue weighted by Gasteiger charge is 2.34. The zero-order chi connectivity index (χ0) is 14.6. The zero-order valence-electron chi connectivity index (χ0n) is 11.4. The molecule has 1 N–H and O–H groups in total. The van der Waals surface area contributed by atoms with E-state index in [1.807, 2.05) is 6.92 Å². The average Bonchev–Trinajstić information content (AvgIpc) is 2.93. The number of hydrogen-bond acceptors (Lipinski definition) is 3. The van der Waals surface area contributed by atoms with E-state index in [2.05, 4.69) is 10.3 Å². The minimum Gasteiger partial charge on any atom is -0.377 e. The number of halogens is 3. The summed E-state index contributed by atoms with van der Waals surface area (Å²) in [7, 11) is 0. The van der Waals surface area contributed by atoms with Crippen LogP contribution in [-0.2, 0) is 17.5 Å². The lowest BCUT2D eigenvalue weighted by Gasteiger charge is -2.23. The molecule has 2 rings (SSSR count). The number of hydrogen-bond donors (Lipinski definition) is 1. The summed E-state index contributed by atoms with van der Waals surface area (Å²) in [6.45, 7) is 2.84. The Morgan fingerprint density at radius 1 is 1.50 bits per heavy atom. The van der Waals surface area contributed by atoms with Gasteiger partial charge in [0.1, 0.15) is 0 Å². The van der Waals surface area contributed by atoms with Gasteiger partial charge in [0.25, 0.3) is 0 Å². The first-order chi connectivity index (χ1) is 9.52. The first-order valence-corrected chi connectivity index (χ1v) is 6.88. The first-order valence-electron chi connectivity index (χ1n) is 6.88. The Kier molecular flexibility index (Phi) is 4.99. The van der Waals surface area contributed by atoms with E-state index in [4.69, 9.17) is 4.74 Å². The number of ether oxygens (including phenoxy) is 1. The van der Waals surface area contributed by atoms with Gasteiger partial charge in [-0.15, -0.1) is 0 Å². The van der Waals surface area contributed by atoms with Gasteiger partial charge in [0, 0.05) is 25.4 Å². The maximum Gasteiger partial charge on any atom is 0.418 e. The third-order valence-corrected chi connectivity index (χ3v) is 3.58. The van der Waals surface area contributed by atoms with Crippen molar-refractivity contribution in [2.75, 3.05) is 6.61 Å². The number of nitrogens with one attached hydrogen (secondary N) is 1. The molecular formula is C14H19F3N2O. The summed E-state index contributed by atoms with van der Waals surface area (Å²) in [6.07, 6.45) is -0.0900. The Balaban J connectivity index is 2.02. The SMILES string of the molecule is CCC(NCc1ncccc1C(F)(F)F)C1CCCO1. The third-order valence-electron chi connectivity index (χ3n) is 3.58. The number of alkyl halides is 3. The molecule has 0 aromatic carbocycles. The Morgan fingerprint density at radius 2 is 2.30 bits per heavy atom.